The molecule has 0 atom stereocenters. The van der Waals surface area contributed by atoms with Crippen LogP contribution in [0.15, 0.2) is 12.1 Å². The summed E-state index contributed by atoms with van der Waals surface area (Å²) in [6, 6.07) is 1.88. The third-order valence-electron chi connectivity index (χ3n) is 2.42. The zero-order chi connectivity index (χ0) is 14.0. The number of rotatable bonds is 4. The molecule has 1 aromatic heterocycles. The van der Waals surface area contributed by atoms with Gasteiger partial charge < -0.3 is 5.32 Å². The van der Waals surface area contributed by atoms with E-state index in [1.165, 1.54) is 0 Å². The van der Waals surface area contributed by atoms with E-state index in [9.17, 15) is 13.2 Å². The second-order valence-electron chi connectivity index (χ2n) is 4.27. The van der Waals surface area contributed by atoms with Gasteiger partial charge in [-0.25, -0.2) is 13.2 Å². The summed E-state index contributed by atoms with van der Waals surface area (Å²) in [7, 11) is 0. The summed E-state index contributed by atoms with van der Waals surface area (Å²) in [4.78, 5) is 0. The van der Waals surface area contributed by atoms with Crippen molar-refractivity contribution in [2.75, 3.05) is 0 Å². The van der Waals surface area contributed by atoms with E-state index in [4.69, 9.17) is 0 Å². The first-order valence-corrected chi connectivity index (χ1v) is 5.64. The van der Waals surface area contributed by atoms with Gasteiger partial charge in [0.25, 0.3) is 0 Å². The molecule has 1 aromatic carbocycles. The summed E-state index contributed by atoms with van der Waals surface area (Å²) in [6.07, 6.45) is 0. The quantitative estimate of drug-likeness (QED) is 0.858. The van der Waals surface area contributed by atoms with Crippen LogP contribution in [0.5, 0.6) is 0 Å². The van der Waals surface area contributed by atoms with Crippen molar-refractivity contribution >= 4 is 0 Å². The first kappa shape index (κ1) is 13.5. The van der Waals surface area contributed by atoms with Gasteiger partial charge in [-0.05, 0) is 10.4 Å². The zero-order valence-corrected chi connectivity index (χ0v) is 10.4. The topological polar surface area (TPSA) is 55.6 Å². The maximum atomic E-state index is 13.2. The second kappa shape index (κ2) is 5.35. The molecule has 0 aliphatic heterocycles. The third-order valence-corrected chi connectivity index (χ3v) is 2.42. The Morgan fingerprint density at radius 2 is 1.84 bits per heavy atom. The van der Waals surface area contributed by atoms with E-state index in [1.54, 1.807) is 0 Å². The molecule has 0 aliphatic carbocycles. The fourth-order valence-corrected chi connectivity index (χ4v) is 1.48. The maximum absolute atomic E-state index is 13.2. The molecule has 1 heterocycles. The predicted molar refractivity (Wildman–Crippen MR) is 61.0 cm³/mol. The highest BCUT2D eigenvalue weighted by molar-refractivity contribution is 5.33. The summed E-state index contributed by atoms with van der Waals surface area (Å²) in [5.41, 5.74) is 0.0296. The minimum Gasteiger partial charge on any atom is -0.308 e. The van der Waals surface area contributed by atoms with Gasteiger partial charge in [-0.3, -0.25) is 0 Å². The van der Waals surface area contributed by atoms with Crippen LogP contribution < -0.4 is 5.32 Å². The van der Waals surface area contributed by atoms with Crippen LogP contribution in [-0.4, -0.2) is 26.2 Å². The highest BCUT2D eigenvalue weighted by Crippen LogP contribution is 2.16. The van der Waals surface area contributed by atoms with E-state index < -0.39 is 17.5 Å². The number of tetrazole rings is 1. The van der Waals surface area contributed by atoms with E-state index in [0.29, 0.717) is 12.4 Å². The van der Waals surface area contributed by atoms with Crippen LogP contribution in [0.25, 0.3) is 5.69 Å². The smallest absolute Gasteiger partial charge is 0.194 e. The molecule has 8 heteroatoms. The molecule has 2 aromatic rings. The largest absolute Gasteiger partial charge is 0.308 e. The lowest BCUT2D eigenvalue weighted by Gasteiger charge is -2.08. The van der Waals surface area contributed by atoms with Crippen LogP contribution in [-0.2, 0) is 6.54 Å². The van der Waals surface area contributed by atoms with Crippen molar-refractivity contribution < 1.29 is 13.2 Å². The average Bonchev–Trinajstić information content (AvgIpc) is 2.81. The normalized spacial score (nSPS) is 11.3. The SMILES string of the molecule is CC(C)NCc1nnnn1-c1cc(F)c(F)c(F)c1. The minimum atomic E-state index is -1.52. The Labute approximate surface area is 107 Å². The van der Waals surface area contributed by atoms with E-state index >= 15 is 0 Å². The molecule has 1 N–H and O–H groups in total. The van der Waals surface area contributed by atoms with Crippen molar-refractivity contribution in [1.82, 2.24) is 25.5 Å². The van der Waals surface area contributed by atoms with Crippen LogP contribution >= 0.6 is 0 Å². The van der Waals surface area contributed by atoms with Gasteiger partial charge in [-0.1, -0.05) is 13.8 Å². The van der Waals surface area contributed by atoms with Gasteiger partial charge >= 0.3 is 0 Å². The van der Waals surface area contributed by atoms with E-state index in [0.717, 1.165) is 16.8 Å². The number of hydrogen-bond donors (Lipinski definition) is 1. The Kier molecular flexibility index (Phi) is 3.79. The molecular weight excluding hydrogens is 259 g/mol. The Morgan fingerprint density at radius 1 is 1.21 bits per heavy atom. The molecular formula is C11H12F3N5. The summed E-state index contributed by atoms with van der Waals surface area (Å²) in [5, 5.41) is 13.9. The average molecular weight is 271 g/mol. The maximum Gasteiger partial charge on any atom is 0.194 e. The zero-order valence-electron chi connectivity index (χ0n) is 10.4. The number of hydrogen-bond acceptors (Lipinski definition) is 4. The molecule has 0 spiro atoms. The molecule has 0 radical (unpaired) electrons. The van der Waals surface area contributed by atoms with E-state index in [2.05, 4.69) is 20.8 Å². The molecule has 0 amide bonds. The molecule has 0 saturated carbocycles. The van der Waals surface area contributed by atoms with Crippen LogP contribution in [0.2, 0.25) is 0 Å². The standard InChI is InChI=1S/C11H12F3N5/c1-6(2)15-5-10-16-17-18-19(10)7-3-8(12)11(14)9(13)4-7/h3-4,6,15H,5H2,1-2H3. The van der Waals surface area contributed by atoms with Gasteiger partial charge in [-0.2, -0.15) is 4.68 Å². The van der Waals surface area contributed by atoms with Crippen molar-refractivity contribution in [3.05, 3.63) is 35.4 Å². The number of nitrogens with one attached hydrogen (secondary N) is 1. The number of benzene rings is 1. The summed E-state index contributed by atoms with van der Waals surface area (Å²) in [6.45, 7) is 4.20. The Morgan fingerprint density at radius 3 is 2.42 bits per heavy atom. The first-order chi connectivity index (χ1) is 8.99. The van der Waals surface area contributed by atoms with E-state index in [-0.39, 0.29) is 11.7 Å². The lowest BCUT2D eigenvalue weighted by Crippen LogP contribution is -2.24. The number of aromatic nitrogens is 4. The second-order valence-corrected chi connectivity index (χ2v) is 4.27. The van der Waals surface area contributed by atoms with Gasteiger partial charge in [0, 0.05) is 18.2 Å². The molecule has 0 fully saturated rings. The molecule has 0 unspecified atom stereocenters. The van der Waals surface area contributed by atoms with Crippen molar-refractivity contribution in [2.45, 2.75) is 26.4 Å². The summed E-state index contributed by atoms with van der Waals surface area (Å²) in [5.74, 6) is -3.71. The van der Waals surface area contributed by atoms with Crippen molar-refractivity contribution in [3.63, 3.8) is 0 Å². The highest BCUT2D eigenvalue weighted by Gasteiger charge is 2.15. The monoisotopic (exact) mass is 271 g/mol. The summed E-state index contributed by atoms with van der Waals surface area (Å²) < 4.78 is 40.4. The van der Waals surface area contributed by atoms with Crippen LogP contribution in [0.1, 0.15) is 19.7 Å². The summed E-state index contributed by atoms with van der Waals surface area (Å²) >= 11 is 0. The fraction of sp³-hybridized carbons (Fsp3) is 0.364. The highest BCUT2D eigenvalue weighted by atomic mass is 19.2. The van der Waals surface area contributed by atoms with Gasteiger partial charge in [-0.15, -0.1) is 5.10 Å². The molecule has 19 heavy (non-hydrogen) atoms. The van der Waals surface area contributed by atoms with Crippen LogP contribution in [0, 0.1) is 17.5 Å². The fourth-order valence-electron chi connectivity index (χ4n) is 1.48. The Bertz CT molecular complexity index is 558. The minimum absolute atomic E-state index is 0.0296. The molecule has 2 rings (SSSR count). The predicted octanol–water partition coefficient (Wildman–Crippen LogP) is 1.58. The molecule has 5 nitrogen and oxygen atoms in total. The van der Waals surface area contributed by atoms with Crippen LogP contribution in [0.4, 0.5) is 13.2 Å². The molecule has 102 valence electrons. The number of nitrogens with zero attached hydrogens (tertiary/aromatic N) is 4. The van der Waals surface area contributed by atoms with Crippen molar-refractivity contribution in [1.29, 1.82) is 0 Å². The van der Waals surface area contributed by atoms with Crippen molar-refractivity contribution in [3.8, 4) is 5.69 Å². The lowest BCUT2D eigenvalue weighted by molar-refractivity contribution is 0.445. The third kappa shape index (κ3) is 2.90. The lowest BCUT2D eigenvalue weighted by atomic mass is 10.3. The van der Waals surface area contributed by atoms with Crippen LogP contribution in [0.3, 0.4) is 0 Å². The number of halogens is 3. The van der Waals surface area contributed by atoms with Crippen molar-refractivity contribution in [2.24, 2.45) is 0 Å². The molecule has 0 bridgehead atoms. The molecule has 0 aliphatic rings. The Balaban J connectivity index is 2.34. The van der Waals surface area contributed by atoms with E-state index in [1.807, 2.05) is 13.8 Å². The molecule has 0 saturated heterocycles. The van der Waals surface area contributed by atoms with Gasteiger partial charge in [0.05, 0.1) is 12.2 Å². The Hall–Kier alpha value is -1.96. The van der Waals surface area contributed by atoms with Gasteiger partial charge in [0.2, 0.25) is 0 Å². The first-order valence-electron chi connectivity index (χ1n) is 5.64. The van der Waals surface area contributed by atoms with Gasteiger partial charge in [0.1, 0.15) is 0 Å². The van der Waals surface area contributed by atoms with Gasteiger partial charge in [0.15, 0.2) is 23.3 Å².